The number of anilines is 1. The molecule has 0 saturated heterocycles. The molecule has 2 N–H and O–H groups in total. The Morgan fingerprint density at radius 2 is 1.81 bits per heavy atom. The summed E-state index contributed by atoms with van der Waals surface area (Å²) in [6.45, 7) is 5.59. The van der Waals surface area contributed by atoms with Crippen molar-refractivity contribution in [2.24, 2.45) is 5.92 Å². The summed E-state index contributed by atoms with van der Waals surface area (Å²) in [6, 6.07) is 11.8. The van der Waals surface area contributed by atoms with Gasteiger partial charge in [0, 0.05) is 25.3 Å². The maximum atomic E-state index is 12.1. The summed E-state index contributed by atoms with van der Waals surface area (Å²) in [5.41, 5.74) is 2.43. The molecule has 138 valence electrons. The van der Waals surface area contributed by atoms with E-state index in [9.17, 15) is 9.59 Å². The number of benzene rings is 1. The van der Waals surface area contributed by atoms with E-state index in [4.69, 9.17) is 4.42 Å². The molecule has 26 heavy (non-hydrogen) atoms. The molecular formula is C20H25N3O3. The standard InChI is InChI=1S/C20H25N3O3/c1-14(2)12-21-19(24)20(25)22-13-17(18-8-5-11-26-18)23-10-9-15-6-3-4-7-16(15)23/h3-8,11,14,17H,9-10,12-13H2,1-2H3,(H,21,24)(H,22,25)/t17-/m1/s1. The van der Waals surface area contributed by atoms with Crippen molar-refractivity contribution in [1.82, 2.24) is 10.6 Å². The lowest BCUT2D eigenvalue weighted by atomic mass is 10.1. The van der Waals surface area contributed by atoms with Crippen molar-refractivity contribution < 1.29 is 14.0 Å². The van der Waals surface area contributed by atoms with Gasteiger partial charge >= 0.3 is 11.8 Å². The summed E-state index contributed by atoms with van der Waals surface area (Å²) < 4.78 is 5.60. The fourth-order valence-electron chi connectivity index (χ4n) is 3.18. The van der Waals surface area contributed by atoms with Gasteiger partial charge in [0.15, 0.2) is 0 Å². The van der Waals surface area contributed by atoms with E-state index in [0.717, 1.165) is 24.4 Å². The van der Waals surface area contributed by atoms with Gasteiger partial charge in [0.1, 0.15) is 11.8 Å². The third-order valence-corrected chi connectivity index (χ3v) is 4.50. The molecule has 0 fully saturated rings. The molecule has 1 aromatic heterocycles. The van der Waals surface area contributed by atoms with Crippen molar-refractivity contribution in [3.8, 4) is 0 Å². The van der Waals surface area contributed by atoms with E-state index < -0.39 is 11.8 Å². The van der Waals surface area contributed by atoms with Crippen LogP contribution in [-0.4, -0.2) is 31.4 Å². The lowest BCUT2D eigenvalue weighted by Crippen LogP contribution is -2.44. The van der Waals surface area contributed by atoms with Crippen molar-refractivity contribution in [2.45, 2.75) is 26.3 Å². The maximum absolute atomic E-state index is 12.1. The zero-order valence-corrected chi connectivity index (χ0v) is 15.2. The third kappa shape index (κ3) is 4.07. The Kier molecular flexibility index (Phi) is 5.61. The van der Waals surface area contributed by atoms with E-state index in [1.54, 1.807) is 6.26 Å². The Bertz CT molecular complexity index is 755. The van der Waals surface area contributed by atoms with Gasteiger partial charge in [-0.3, -0.25) is 9.59 Å². The molecule has 0 aliphatic carbocycles. The number of nitrogens with one attached hydrogen (secondary N) is 2. The molecule has 0 saturated carbocycles. The molecule has 3 rings (SSSR count). The normalized spacial score (nSPS) is 14.2. The number of amides is 2. The first-order valence-corrected chi connectivity index (χ1v) is 9.00. The lowest BCUT2D eigenvalue weighted by Gasteiger charge is -2.29. The van der Waals surface area contributed by atoms with Crippen molar-refractivity contribution in [3.05, 3.63) is 54.0 Å². The Labute approximate surface area is 153 Å². The Balaban J connectivity index is 1.69. The van der Waals surface area contributed by atoms with Gasteiger partial charge in [-0.25, -0.2) is 0 Å². The smallest absolute Gasteiger partial charge is 0.309 e. The minimum absolute atomic E-state index is 0.157. The van der Waals surface area contributed by atoms with Gasteiger partial charge in [-0.15, -0.1) is 0 Å². The van der Waals surface area contributed by atoms with E-state index >= 15 is 0 Å². The summed E-state index contributed by atoms with van der Waals surface area (Å²) >= 11 is 0. The van der Waals surface area contributed by atoms with Crippen molar-refractivity contribution >= 4 is 17.5 Å². The topological polar surface area (TPSA) is 74.6 Å². The average Bonchev–Trinajstić information content (AvgIpc) is 3.30. The molecule has 2 heterocycles. The van der Waals surface area contributed by atoms with Crippen LogP contribution in [0, 0.1) is 5.92 Å². The molecule has 6 heteroatoms. The van der Waals surface area contributed by atoms with E-state index in [1.807, 2.05) is 38.1 Å². The number of hydrogen-bond acceptors (Lipinski definition) is 4. The largest absolute Gasteiger partial charge is 0.467 e. The van der Waals surface area contributed by atoms with Crippen LogP contribution >= 0.6 is 0 Å². The molecule has 1 aromatic carbocycles. The van der Waals surface area contributed by atoms with Crippen LogP contribution in [0.2, 0.25) is 0 Å². The summed E-state index contributed by atoms with van der Waals surface area (Å²) in [7, 11) is 0. The van der Waals surface area contributed by atoms with E-state index in [2.05, 4.69) is 27.7 Å². The van der Waals surface area contributed by atoms with Gasteiger partial charge in [-0.1, -0.05) is 32.0 Å². The average molecular weight is 355 g/mol. The monoisotopic (exact) mass is 355 g/mol. The summed E-state index contributed by atoms with van der Waals surface area (Å²) in [5.74, 6) is -0.151. The second-order valence-corrected chi connectivity index (χ2v) is 6.92. The number of para-hydroxylation sites is 1. The van der Waals surface area contributed by atoms with Gasteiger partial charge in [-0.05, 0) is 36.1 Å². The number of rotatable bonds is 6. The summed E-state index contributed by atoms with van der Waals surface area (Å²) in [5, 5.41) is 5.39. The number of furan rings is 1. The van der Waals surface area contributed by atoms with Crippen molar-refractivity contribution in [3.63, 3.8) is 0 Å². The third-order valence-electron chi connectivity index (χ3n) is 4.50. The second kappa shape index (κ2) is 8.08. The number of carbonyl (C=O) groups excluding carboxylic acids is 2. The van der Waals surface area contributed by atoms with E-state index in [-0.39, 0.29) is 6.04 Å². The SMILES string of the molecule is CC(C)CNC(=O)C(=O)NC[C@H](c1ccco1)N1CCc2ccccc21. The van der Waals surface area contributed by atoms with E-state index in [0.29, 0.717) is 19.0 Å². The van der Waals surface area contributed by atoms with Gasteiger partial charge in [-0.2, -0.15) is 0 Å². The molecule has 2 amide bonds. The predicted molar refractivity (Wildman–Crippen MR) is 99.8 cm³/mol. The number of fused-ring (bicyclic) bond motifs is 1. The van der Waals surface area contributed by atoms with Gasteiger partial charge in [0.25, 0.3) is 0 Å². The summed E-state index contributed by atoms with van der Waals surface area (Å²) in [4.78, 5) is 26.2. The number of nitrogens with zero attached hydrogens (tertiary/aromatic N) is 1. The number of carbonyl (C=O) groups is 2. The van der Waals surface area contributed by atoms with Crippen molar-refractivity contribution in [2.75, 3.05) is 24.5 Å². The van der Waals surface area contributed by atoms with Gasteiger partial charge in [0.2, 0.25) is 0 Å². The molecule has 0 bridgehead atoms. The van der Waals surface area contributed by atoms with Gasteiger partial charge in [0.05, 0.1) is 6.26 Å². The Hall–Kier alpha value is -2.76. The molecule has 1 aliphatic heterocycles. The summed E-state index contributed by atoms with van der Waals surface area (Å²) in [6.07, 6.45) is 2.58. The zero-order chi connectivity index (χ0) is 18.5. The predicted octanol–water partition coefficient (Wildman–Crippen LogP) is 2.27. The van der Waals surface area contributed by atoms with Crippen LogP contribution < -0.4 is 15.5 Å². The van der Waals surface area contributed by atoms with E-state index in [1.165, 1.54) is 5.56 Å². The quantitative estimate of drug-likeness (QED) is 0.780. The first kappa shape index (κ1) is 18.0. The highest BCUT2D eigenvalue weighted by Crippen LogP contribution is 2.34. The fourth-order valence-corrected chi connectivity index (χ4v) is 3.18. The molecule has 0 unspecified atom stereocenters. The minimum Gasteiger partial charge on any atom is -0.467 e. The van der Waals surface area contributed by atoms with Crippen LogP contribution in [0.15, 0.2) is 47.1 Å². The maximum Gasteiger partial charge on any atom is 0.309 e. The lowest BCUT2D eigenvalue weighted by molar-refractivity contribution is -0.139. The Morgan fingerprint density at radius 1 is 1.08 bits per heavy atom. The van der Waals surface area contributed by atoms with Crippen LogP contribution in [0.1, 0.15) is 31.2 Å². The van der Waals surface area contributed by atoms with Crippen LogP contribution in [0.3, 0.4) is 0 Å². The highest BCUT2D eigenvalue weighted by Gasteiger charge is 2.29. The first-order chi connectivity index (χ1) is 12.6. The molecule has 1 atom stereocenters. The highest BCUT2D eigenvalue weighted by molar-refractivity contribution is 6.35. The second-order valence-electron chi connectivity index (χ2n) is 6.92. The molecule has 1 aliphatic rings. The van der Waals surface area contributed by atoms with Crippen LogP contribution in [0.25, 0.3) is 0 Å². The molecule has 2 aromatic rings. The van der Waals surface area contributed by atoms with Crippen LogP contribution in [0.4, 0.5) is 5.69 Å². The van der Waals surface area contributed by atoms with Crippen molar-refractivity contribution in [1.29, 1.82) is 0 Å². The fraction of sp³-hybridized carbons (Fsp3) is 0.400. The number of hydrogen-bond donors (Lipinski definition) is 2. The minimum atomic E-state index is -0.616. The highest BCUT2D eigenvalue weighted by atomic mass is 16.3. The van der Waals surface area contributed by atoms with Crippen LogP contribution in [-0.2, 0) is 16.0 Å². The zero-order valence-electron chi connectivity index (χ0n) is 15.2. The molecule has 6 nitrogen and oxygen atoms in total. The molecule has 0 radical (unpaired) electrons. The molecular weight excluding hydrogens is 330 g/mol. The van der Waals surface area contributed by atoms with Crippen LogP contribution in [0.5, 0.6) is 0 Å². The van der Waals surface area contributed by atoms with Gasteiger partial charge < -0.3 is 20.0 Å². The molecule has 0 spiro atoms. The first-order valence-electron chi connectivity index (χ1n) is 9.00. The Morgan fingerprint density at radius 3 is 2.50 bits per heavy atom.